The highest BCUT2D eigenvalue weighted by atomic mass is 28.3. The van der Waals surface area contributed by atoms with Crippen LogP contribution in [0.25, 0.3) is 6.08 Å². The number of benzene rings is 1. The average Bonchev–Trinajstić information content (AvgIpc) is 2.64. The molecule has 0 saturated carbocycles. The van der Waals surface area contributed by atoms with Crippen molar-refractivity contribution in [3.63, 3.8) is 0 Å². The summed E-state index contributed by atoms with van der Waals surface area (Å²) >= 11 is 0. The summed E-state index contributed by atoms with van der Waals surface area (Å²) < 4.78 is 0. The molecular weight excluding hydrogens is 246 g/mol. The van der Waals surface area contributed by atoms with Crippen LogP contribution in [0.2, 0.25) is 13.1 Å². The molecule has 1 aliphatic rings. The Morgan fingerprint density at radius 3 is 2.37 bits per heavy atom. The van der Waals surface area contributed by atoms with E-state index in [1.807, 2.05) is 0 Å². The molecule has 0 radical (unpaired) electrons. The van der Waals surface area contributed by atoms with Crippen LogP contribution in [0.1, 0.15) is 50.8 Å². The van der Waals surface area contributed by atoms with E-state index in [1.165, 1.54) is 11.1 Å². The van der Waals surface area contributed by atoms with E-state index >= 15 is 0 Å². The van der Waals surface area contributed by atoms with Gasteiger partial charge in [-0.1, -0.05) is 55.9 Å². The predicted octanol–water partition coefficient (Wildman–Crippen LogP) is 4.71. The van der Waals surface area contributed by atoms with Gasteiger partial charge >= 0.3 is 0 Å². The highest BCUT2D eigenvalue weighted by Crippen LogP contribution is 2.43. The first-order valence-corrected chi connectivity index (χ1v) is 10.4. The zero-order valence-electron chi connectivity index (χ0n) is 13.2. The monoisotopic (exact) mass is 273 g/mol. The lowest BCUT2D eigenvalue weighted by Crippen LogP contribution is -2.58. The van der Waals surface area contributed by atoms with Gasteiger partial charge in [0.15, 0.2) is 0 Å². The minimum absolute atomic E-state index is 0.187. The highest BCUT2D eigenvalue weighted by molar-refractivity contribution is 6.77. The van der Waals surface area contributed by atoms with Crippen LogP contribution in [0.3, 0.4) is 0 Å². The topological polar surface area (TPSA) is 12.0 Å². The van der Waals surface area contributed by atoms with Crippen molar-refractivity contribution in [3.8, 4) is 0 Å². The van der Waals surface area contributed by atoms with Gasteiger partial charge in [-0.25, -0.2) is 0 Å². The fourth-order valence-corrected chi connectivity index (χ4v) is 7.92. The molecule has 1 aromatic rings. The number of hydrogen-bond donors (Lipinski definition) is 1. The molecule has 1 aliphatic carbocycles. The van der Waals surface area contributed by atoms with Crippen LogP contribution in [-0.2, 0) is 0 Å². The Morgan fingerprint density at radius 1 is 1.16 bits per heavy atom. The van der Waals surface area contributed by atoms with Crippen molar-refractivity contribution in [1.82, 2.24) is 4.98 Å². The van der Waals surface area contributed by atoms with Crippen molar-refractivity contribution in [1.29, 1.82) is 0 Å². The molecule has 104 valence electrons. The molecule has 2 rings (SSSR count). The van der Waals surface area contributed by atoms with Crippen LogP contribution in [-0.4, -0.2) is 13.8 Å². The lowest BCUT2D eigenvalue weighted by molar-refractivity contribution is 0.508. The smallest absolute Gasteiger partial charge is 0.131 e. The molecule has 0 aromatic heterocycles. The zero-order valence-corrected chi connectivity index (χ0v) is 14.2. The highest BCUT2D eigenvalue weighted by Gasteiger charge is 2.40. The molecule has 0 amide bonds. The Labute approximate surface area is 119 Å². The van der Waals surface area contributed by atoms with Crippen LogP contribution in [0, 0.1) is 0 Å². The summed E-state index contributed by atoms with van der Waals surface area (Å²) in [7, 11) is -1.56. The zero-order chi connectivity index (χ0) is 14.3. The normalized spacial score (nSPS) is 19.3. The van der Waals surface area contributed by atoms with Gasteiger partial charge in [-0.15, -0.1) is 0 Å². The first kappa shape index (κ1) is 14.5. The number of rotatable bonds is 3. The third-order valence-electron chi connectivity index (χ3n) is 3.85. The molecule has 2 heteroatoms. The molecule has 1 atom stereocenters. The summed E-state index contributed by atoms with van der Waals surface area (Å²) in [5.41, 5.74) is 5.38. The Morgan fingerprint density at radius 2 is 1.79 bits per heavy atom. The third kappa shape index (κ3) is 3.01. The average molecular weight is 273 g/mol. The molecule has 0 fully saturated rings. The molecule has 0 aliphatic heterocycles. The summed E-state index contributed by atoms with van der Waals surface area (Å²) in [6, 6.07) is 8.90. The minimum atomic E-state index is -1.56. The van der Waals surface area contributed by atoms with E-state index in [0.29, 0.717) is 5.54 Å². The first-order chi connectivity index (χ1) is 8.74. The van der Waals surface area contributed by atoms with Gasteiger partial charge in [0.05, 0.1) is 0 Å². The quantitative estimate of drug-likeness (QED) is 0.786. The standard InChI is InChI=1S/C17H27NSi/c1-7-13-12-14-10-8-9-11-15(14)16(13)19(5,6)18-17(2,3)4/h8-12,16,18H,7H2,1-6H3. The van der Waals surface area contributed by atoms with Gasteiger partial charge in [0.2, 0.25) is 0 Å². The van der Waals surface area contributed by atoms with E-state index in [4.69, 9.17) is 0 Å². The summed E-state index contributed by atoms with van der Waals surface area (Å²) in [5.74, 6) is 0. The Kier molecular flexibility index (Phi) is 3.76. The van der Waals surface area contributed by atoms with E-state index < -0.39 is 8.24 Å². The summed E-state index contributed by atoms with van der Waals surface area (Å²) in [6.07, 6.45) is 3.57. The number of nitrogens with one attached hydrogen (secondary N) is 1. The van der Waals surface area contributed by atoms with Crippen LogP contribution in [0.4, 0.5) is 0 Å². The van der Waals surface area contributed by atoms with Crippen LogP contribution in [0.15, 0.2) is 29.8 Å². The van der Waals surface area contributed by atoms with Crippen LogP contribution < -0.4 is 4.98 Å². The maximum absolute atomic E-state index is 3.94. The maximum atomic E-state index is 3.94. The molecule has 0 saturated heterocycles. The summed E-state index contributed by atoms with van der Waals surface area (Å²) in [5, 5.41) is 0. The van der Waals surface area contributed by atoms with Crippen LogP contribution >= 0.6 is 0 Å². The molecule has 1 aromatic carbocycles. The van der Waals surface area contributed by atoms with E-state index in [9.17, 15) is 0 Å². The van der Waals surface area contributed by atoms with Crippen molar-refractivity contribution in [3.05, 3.63) is 41.0 Å². The van der Waals surface area contributed by atoms with Gasteiger partial charge in [0, 0.05) is 11.1 Å². The SMILES string of the molecule is CCC1=Cc2ccccc2C1[Si](C)(C)NC(C)(C)C. The fourth-order valence-electron chi connectivity index (χ4n) is 3.59. The number of hydrogen-bond acceptors (Lipinski definition) is 1. The third-order valence-corrected chi connectivity index (χ3v) is 7.37. The Bertz CT molecular complexity index is 494. The van der Waals surface area contributed by atoms with Gasteiger partial charge in [-0.2, -0.15) is 0 Å². The van der Waals surface area contributed by atoms with Crippen molar-refractivity contribution in [2.24, 2.45) is 0 Å². The largest absolute Gasteiger partial charge is 0.332 e. The van der Waals surface area contributed by atoms with Crippen molar-refractivity contribution < 1.29 is 0 Å². The van der Waals surface area contributed by atoms with Gasteiger partial charge in [0.25, 0.3) is 0 Å². The lowest BCUT2D eigenvalue weighted by Gasteiger charge is -2.39. The van der Waals surface area contributed by atoms with E-state index in [0.717, 1.165) is 6.42 Å². The molecule has 1 nitrogen and oxygen atoms in total. The summed E-state index contributed by atoms with van der Waals surface area (Å²) in [4.78, 5) is 3.94. The number of fused-ring (bicyclic) bond motifs is 1. The molecule has 1 N–H and O–H groups in total. The van der Waals surface area contributed by atoms with Gasteiger partial charge in [-0.05, 0) is 38.3 Å². The number of allylic oxidation sites excluding steroid dienone is 1. The lowest BCUT2D eigenvalue weighted by atomic mass is 10.1. The van der Waals surface area contributed by atoms with Gasteiger partial charge in [-0.3, -0.25) is 0 Å². The molecule has 19 heavy (non-hydrogen) atoms. The summed E-state index contributed by atoms with van der Waals surface area (Å²) in [6.45, 7) is 14.0. The molecule has 0 bridgehead atoms. The maximum Gasteiger partial charge on any atom is 0.131 e. The molecule has 0 heterocycles. The van der Waals surface area contributed by atoms with E-state index in [2.05, 4.69) is 76.1 Å². The Balaban J connectivity index is 2.40. The minimum Gasteiger partial charge on any atom is -0.332 e. The first-order valence-electron chi connectivity index (χ1n) is 7.33. The van der Waals surface area contributed by atoms with Crippen molar-refractivity contribution >= 4 is 14.3 Å². The van der Waals surface area contributed by atoms with Crippen molar-refractivity contribution in [2.45, 2.75) is 58.3 Å². The fraction of sp³-hybridized carbons (Fsp3) is 0.529. The molecule has 1 unspecified atom stereocenters. The van der Waals surface area contributed by atoms with Gasteiger partial charge in [0.1, 0.15) is 8.24 Å². The Hall–Kier alpha value is -0.863. The molecular formula is C17H27NSi. The van der Waals surface area contributed by atoms with Crippen LogP contribution in [0.5, 0.6) is 0 Å². The molecule has 0 spiro atoms. The second-order valence-electron chi connectivity index (χ2n) is 7.23. The predicted molar refractivity (Wildman–Crippen MR) is 87.8 cm³/mol. The van der Waals surface area contributed by atoms with E-state index in [-0.39, 0.29) is 5.54 Å². The second kappa shape index (κ2) is 4.91. The second-order valence-corrected chi connectivity index (χ2v) is 11.5. The van der Waals surface area contributed by atoms with Crippen molar-refractivity contribution in [2.75, 3.05) is 0 Å². The van der Waals surface area contributed by atoms with E-state index in [1.54, 1.807) is 5.57 Å². The van der Waals surface area contributed by atoms with Gasteiger partial charge < -0.3 is 4.98 Å².